The van der Waals surface area contributed by atoms with E-state index in [1.54, 1.807) is 0 Å². The molecule has 1 aromatic carbocycles. The molecule has 1 atom stereocenters. The molecule has 0 aromatic heterocycles. The molecule has 2 N–H and O–H groups in total. The summed E-state index contributed by atoms with van der Waals surface area (Å²) >= 11 is 0. The molecule has 0 aliphatic heterocycles. The summed E-state index contributed by atoms with van der Waals surface area (Å²) in [6.07, 6.45) is -11.4. The molecule has 0 amide bonds. The van der Waals surface area contributed by atoms with E-state index >= 15 is 0 Å². The molecule has 0 heterocycles. The number of halogens is 7. The molecule has 19 heavy (non-hydrogen) atoms. The first-order valence-corrected chi connectivity index (χ1v) is 5.20. The highest BCUT2D eigenvalue weighted by Crippen LogP contribution is 2.35. The largest absolute Gasteiger partial charge is 0.419 e. The van der Waals surface area contributed by atoms with E-state index in [0.29, 0.717) is 6.07 Å². The quantitative estimate of drug-likeness (QED) is 0.830. The molecule has 0 unspecified atom stereocenters. The van der Waals surface area contributed by atoms with Gasteiger partial charge in [0, 0.05) is 18.0 Å². The van der Waals surface area contributed by atoms with Gasteiger partial charge in [0.1, 0.15) is 5.82 Å². The van der Waals surface area contributed by atoms with Crippen molar-refractivity contribution in [1.82, 2.24) is 0 Å². The van der Waals surface area contributed by atoms with Gasteiger partial charge >= 0.3 is 12.4 Å². The third kappa shape index (κ3) is 4.38. The maximum atomic E-state index is 13.6. The Kier molecular flexibility index (Phi) is 4.44. The molecule has 1 nitrogen and oxygen atoms in total. The summed E-state index contributed by atoms with van der Waals surface area (Å²) in [5, 5.41) is 0. The van der Waals surface area contributed by atoms with E-state index < -0.39 is 48.2 Å². The zero-order valence-corrected chi connectivity index (χ0v) is 9.45. The zero-order valence-electron chi connectivity index (χ0n) is 9.45. The van der Waals surface area contributed by atoms with Crippen LogP contribution in [0.5, 0.6) is 0 Å². The first-order valence-electron chi connectivity index (χ1n) is 5.20. The van der Waals surface area contributed by atoms with Gasteiger partial charge in [-0.1, -0.05) is 12.1 Å². The maximum Gasteiger partial charge on any atom is 0.419 e. The van der Waals surface area contributed by atoms with E-state index in [0.717, 1.165) is 12.1 Å². The first kappa shape index (κ1) is 15.7. The minimum Gasteiger partial charge on any atom is -0.324 e. The number of hydrogen-bond acceptors (Lipinski definition) is 1. The van der Waals surface area contributed by atoms with Crippen LogP contribution in [0.4, 0.5) is 30.7 Å². The molecule has 108 valence electrons. The fourth-order valence-corrected chi connectivity index (χ4v) is 1.53. The minimum atomic E-state index is -4.91. The van der Waals surface area contributed by atoms with Gasteiger partial charge in [0.15, 0.2) is 0 Å². The summed E-state index contributed by atoms with van der Waals surface area (Å²) in [6, 6.07) is 0.930. The van der Waals surface area contributed by atoms with E-state index in [1.807, 2.05) is 0 Å². The van der Waals surface area contributed by atoms with E-state index in [9.17, 15) is 30.7 Å². The normalized spacial score (nSPS) is 14.5. The Balaban J connectivity index is 2.96. The second kappa shape index (κ2) is 5.36. The highest BCUT2D eigenvalue weighted by molar-refractivity contribution is 5.30. The summed E-state index contributed by atoms with van der Waals surface area (Å²) in [5.41, 5.74) is 3.20. The van der Waals surface area contributed by atoms with Crippen LogP contribution in [0.1, 0.15) is 30.0 Å². The second-order valence-electron chi connectivity index (χ2n) is 3.97. The first-order chi connectivity index (χ1) is 8.52. The van der Waals surface area contributed by atoms with Crippen molar-refractivity contribution in [3.05, 3.63) is 35.1 Å². The maximum absolute atomic E-state index is 13.6. The Labute approximate surface area is 104 Å². The third-order valence-electron chi connectivity index (χ3n) is 2.47. The SMILES string of the molecule is N[C@H](CCC(F)(F)F)c1cccc(C(F)(F)F)c1F. The molecule has 0 aliphatic rings. The van der Waals surface area contributed by atoms with Gasteiger partial charge in [-0.2, -0.15) is 26.3 Å². The molecule has 0 radical (unpaired) electrons. The van der Waals surface area contributed by atoms with Crippen LogP contribution in [0.25, 0.3) is 0 Å². The molecule has 1 aromatic rings. The molecule has 1 rings (SSSR count). The van der Waals surface area contributed by atoms with Gasteiger partial charge in [0.2, 0.25) is 0 Å². The monoisotopic (exact) mass is 289 g/mol. The molecular weight excluding hydrogens is 279 g/mol. The summed E-state index contributed by atoms with van der Waals surface area (Å²) in [7, 11) is 0. The van der Waals surface area contributed by atoms with Gasteiger partial charge in [0.05, 0.1) is 5.56 Å². The highest BCUT2D eigenvalue weighted by atomic mass is 19.4. The molecule has 0 spiro atoms. The molecule has 0 saturated heterocycles. The van der Waals surface area contributed by atoms with Crippen molar-refractivity contribution in [1.29, 1.82) is 0 Å². The van der Waals surface area contributed by atoms with Gasteiger partial charge in [-0.25, -0.2) is 4.39 Å². The van der Waals surface area contributed by atoms with E-state index in [4.69, 9.17) is 5.73 Å². The van der Waals surface area contributed by atoms with Crippen LogP contribution in [0.3, 0.4) is 0 Å². The molecule has 0 saturated carbocycles. The Hall–Kier alpha value is -1.31. The number of benzene rings is 1. The van der Waals surface area contributed by atoms with Gasteiger partial charge in [-0.3, -0.25) is 0 Å². The van der Waals surface area contributed by atoms with Crippen LogP contribution in [0.2, 0.25) is 0 Å². The zero-order chi connectivity index (χ0) is 14.8. The van der Waals surface area contributed by atoms with Crippen LogP contribution in [0.15, 0.2) is 18.2 Å². The lowest BCUT2D eigenvalue weighted by molar-refractivity contribution is -0.140. The van der Waals surface area contributed by atoms with Crippen LogP contribution >= 0.6 is 0 Å². The average Bonchev–Trinajstić information content (AvgIpc) is 2.23. The summed E-state index contributed by atoms with van der Waals surface area (Å²) in [4.78, 5) is 0. The highest BCUT2D eigenvalue weighted by Gasteiger charge is 2.36. The Morgan fingerprint density at radius 2 is 1.63 bits per heavy atom. The summed E-state index contributed by atoms with van der Waals surface area (Å²) in [6.45, 7) is 0. The number of nitrogens with two attached hydrogens (primary N) is 1. The van der Waals surface area contributed by atoms with Crippen molar-refractivity contribution in [2.24, 2.45) is 5.73 Å². The standard InChI is InChI=1S/C11H10F7N/c12-9-6(8(19)4-5-10(13,14)15)2-1-3-7(9)11(16,17)18/h1-3,8H,4-5,19H2/t8-/m1/s1. The van der Waals surface area contributed by atoms with Gasteiger partial charge < -0.3 is 5.73 Å². The van der Waals surface area contributed by atoms with Crippen molar-refractivity contribution in [3.8, 4) is 0 Å². The topological polar surface area (TPSA) is 26.0 Å². The van der Waals surface area contributed by atoms with Crippen LogP contribution < -0.4 is 5.73 Å². The van der Waals surface area contributed by atoms with Crippen LogP contribution in [-0.2, 0) is 6.18 Å². The van der Waals surface area contributed by atoms with Gasteiger partial charge in [-0.15, -0.1) is 0 Å². The average molecular weight is 289 g/mol. The van der Waals surface area contributed by atoms with Crippen LogP contribution in [-0.4, -0.2) is 6.18 Å². The van der Waals surface area contributed by atoms with Crippen molar-refractivity contribution < 1.29 is 30.7 Å². The lowest BCUT2D eigenvalue weighted by Gasteiger charge is -2.17. The second-order valence-corrected chi connectivity index (χ2v) is 3.97. The molecule has 0 bridgehead atoms. The fourth-order valence-electron chi connectivity index (χ4n) is 1.53. The number of hydrogen-bond donors (Lipinski definition) is 1. The molecule has 0 fully saturated rings. The van der Waals surface area contributed by atoms with Crippen molar-refractivity contribution in [2.45, 2.75) is 31.2 Å². The molecular formula is C11H10F7N. The summed E-state index contributed by atoms with van der Waals surface area (Å²) < 4.78 is 86.7. The molecule has 8 heteroatoms. The Morgan fingerprint density at radius 1 is 1.05 bits per heavy atom. The third-order valence-corrected chi connectivity index (χ3v) is 2.47. The Morgan fingerprint density at radius 3 is 2.11 bits per heavy atom. The number of alkyl halides is 6. The van der Waals surface area contributed by atoms with Crippen molar-refractivity contribution in [3.63, 3.8) is 0 Å². The predicted molar refractivity (Wildman–Crippen MR) is 53.6 cm³/mol. The smallest absolute Gasteiger partial charge is 0.324 e. The van der Waals surface area contributed by atoms with Gasteiger partial charge in [-0.05, 0) is 12.5 Å². The van der Waals surface area contributed by atoms with E-state index in [2.05, 4.69) is 0 Å². The van der Waals surface area contributed by atoms with Crippen molar-refractivity contribution >= 4 is 0 Å². The summed E-state index contributed by atoms with van der Waals surface area (Å²) in [5.74, 6) is -1.62. The lowest BCUT2D eigenvalue weighted by atomic mass is 9.99. The minimum absolute atomic E-state index is 0.509. The molecule has 0 aliphatic carbocycles. The Bertz CT molecular complexity index is 436. The predicted octanol–water partition coefficient (Wildman–Crippen LogP) is 4.19. The van der Waals surface area contributed by atoms with Crippen LogP contribution in [0, 0.1) is 5.82 Å². The van der Waals surface area contributed by atoms with E-state index in [-0.39, 0.29) is 0 Å². The van der Waals surface area contributed by atoms with E-state index in [1.165, 1.54) is 0 Å². The fraction of sp³-hybridized carbons (Fsp3) is 0.455. The van der Waals surface area contributed by atoms with Gasteiger partial charge in [0.25, 0.3) is 0 Å². The number of rotatable bonds is 3. The van der Waals surface area contributed by atoms with Crippen molar-refractivity contribution in [2.75, 3.05) is 0 Å². The lowest BCUT2D eigenvalue weighted by Crippen LogP contribution is -2.19.